The average molecular weight is 210 g/mol. The van der Waals surface area contributed by atoms with Crippen molar-refractivity contribution in [1.82, 2.24) is 0 Å². The first-order valence-electron chi connectivity index (χ1n) is 3.09. The highest BCUT2D eigenvalue weighted by molar-refractivity contribution is 7.99. The van der Waals surface area contributed by atoms with Crippen molar-refractivity contribution >= 4 is 33.6 Å². The Hall–Kier alpha value is 0.610. The molecular formula is C6H11O2PS2. The maximum absolute atomic E-state index is 5.15. The first kappa shape index (κ1) is 11.6. The van der Waals surface area contributed by atoms with Crippen LogP contribution in [0.3, 0.4) is 0 Å². The SMILES string of the molecule is C#CP(OCC)OCC(S)S. The van der Waals surface area contributed by atoms with Gasteiger partial charge in [0, 0.05) is 0 Å². The van der Waals surface area contributed by atoms with Crippen molar-refractivity contribution in [2.75, 3.05) is 13.2 Å². The molecule has 0 spiro atoms. The quantitative estimate of drug-likeness (QED) is 0.313. The first-order chi connectivity index (χ1) is 5.20. The standard InChI is InChI=1S/C6H11O2PS2/c1-3-7-9(4-2)8-5-6(10)11/h2,6,10-11H,3,5H2,1H3. The second kappa shape index (κ2) is 7.27. The number of thiol groups is 2. The molecule has 0 aromatic heterocycles. The molecule has 1 atom stereocenters. The normalized spacial score (nSPS) is 13.0. The molecule has 0 aliphatic heterocycles. The summed E-state index contributed by atoms with van der Waals surface area (Å²) in [5.74, 6) is 0. The van der Waals surface area contributed by atoms with Crippen molar-refractivity contribution in [2.45, 2.75) is 11.5 Å². The predicted octanol–water partition coefficient (Wildman–Crippen LogP) is 2.13. The maximum atomic E-state index is 5.15. The van der Waals surface area contributed by atoms with Crippen LogP contribution in [-0.4, -0.2) is 17.8 Å². The molecule has 0 amide bonds. The summed E-state index contributed by atoms with van der Waals surface area (Å²) in [7, 11) is -1.16. The molecule has 11 heavy (non-hydrogen) atoms. The van der Waals surface area contributed by atoms with Crippen LogP contribution < -0.4 is 0 Å². The summed E-state index contributed by atoms with van der Waals surface area (Å²) >= 11 is 8.01. The Balaban J connectivity index is 3.46. The summed E-state index contributed by atoms with van der Waals surface area (Å²) < 4.78 is 10.1. The predicted molar refractivity (Wildman–Crippen MR) is 55.1 cm³/mol. The van der Waals surface area contributed by atoms with E-state index < -0.39 is 8.38 Å². The molecule has 0 aliphatic carbocycles. The van der Waals surface area contributed by atoms with E-state index in [1.165, 1.54) is 0 Å². The Morgan fingerprint density at radius 2 is 2.18 bits per heavy atom. The number of terminal acetylenes is 1. The van der Waals surface area contributed by atoms with Gasteiger partial charge in [-0.05, 0) is 12.6 Å². The van der Waals surface area contributed by atoms with Crippen LogP contribution in [0.15, 0.2) is 0 Å². The Bertz CT molecular complexity index is 135. The van der Waals surface area contributed by atoms with Crippen LogP contribution in [0.5, 0.6) is 0 Å². The fourth-order valence-electron chi connectivity index (χ4n) is 0.363. The van der Waals surface area contributed by atoms with Crippen LogP contribution in [0.25, 0.3) is 0 Å². The third-order valence-electron chi connectivity index (χ3n) is 0.693. The minimum Gasteiger partial charge on any atom is -0.325 e. The molecule has 1 unspecified atom stereocenters. The van der Waals surface area contributed by atoms with Crippen LogP contribution in [0.1, 0.15) is 6.92 Å². The summed E-state index contributed by atoms with van der Waals surface area (Å²) in [5.41, 5.74) is 2.41. The summed E-state index contributed by atoms with van der Waals surface area (Å²) in [6, 6.07) is 0. The van der Waals surface area contributed by atoms with E-state index in [1.807, 2.05) is 6.92 Å². The number of rotatable bonds is 5. The highest BCUT2D eigenvalue weighted by Gasteiger charge is 2.06. The van der Waals surface area contributed by atoms with Gasteiger partial charge in [0.15, 0.2) is 0 Å². The second-order valence-electron chi connectivity index (χ2n) is 1.58. The minimum atomic E-state index is -1.16. The lowest BCUT2D eigenvalue weighted by Crippen LogP contribution is -1.99. The van der Waals surface area contributed by atoms with Crippen molar-refractivity contribution < 1.29 is 9.05 Å². The number of hydrogen-bond donors (Lipinski definition) is 2. The summed E-state index contributed by atoms with van der Waals surface area (Å²) in [4.78, 5) is 0. The minimum absolute atomic E-state index is 0.103. The maximum Gasteiger partial charge on any atom is 0.256 e. The van der Waals surface area contributed by atoms with E-state index in [-0.39, 0.29) is 4.58 Å². The zero-order chi connectivity index (χ0) is 8.69. The molecule has 0 rings (SSSR count). The van der Waals surface area contributed by atoms with E-state index in [0.717, 1.165) is 0 Å². The largest absolute Gasteiger partial charge is 0.325 e. The average Bonchev–Trinajstić information content (AvgIpc) is 1.97. The van der Waals surface area contributed by atoms with Crippen LogP contribution in [0.2, 0.25) is 0 Å². The lowest BCUT2D eigenvalue weighted by atomic mass is 10.9. The van der Waals surface area contributed by atoms with E-state index in [4.69, 9.17) is 15.5 Å². The molecule has 64 valence electrons. The highest BCUT2D eigenvalue weighted by Crippen LogP contribution is 2.36. The fraction of sp³-hybridized carbons (Fsp3) is 0.667. The third-order valence-corrected chi connectivity index (χ3v) is 2.08. The second-order valence-corrected chi connectivity index (χ2v) is 4.52. The first-order valence-corrected chi connectivity index (χ1v) is 5.30. The van der Waals surface area contributed by atoms with Gasteiger partial charge in [0.05, 0.1) is 17.8 Å². The van der Waals surface area contributed by atoms with E-state index in [9.17, 15) is 0 Å². The lowest BCUT2D eigenvalue weighted by molar-refractivity contribution is 0.277. The Kier molecular flexibility index (Phi) is 7.67. The van der Waals surface area contributed by atoms with Crippen molar-refractivity contribution in [2.24, 2.45) is 0 Å². The zero-order valence-electron chi connectivity index (χ0n) is 6.23. The van der Waals surface area contributed by atoms with Gasteiger partial charge in [-0.25, -0.2) is 0 Å². The van der Waals surface area contributed by atoms with Crippen LogP contribution >= 0.6 is 33.6 Å². The molecule has 0 aromatic rings. The van der Waals surface area contributed by atoms with E-state index in [1.54, 1.807) is 0 Å². The van der Waals surface area contributed by atoms with Crippen LogP contribution in [0, 0.1) is 12.1 Å². The monoisotopic (exact) mass is 210 g/mol. The smallest absolute Gasteiger partial charge is 0.256 e. The van der Waals surface area contributed by atoms with Gasteiger partial charge in [0.2, 0.25) is 0 Å². The Morgan fingerprint density at radius 3 is 2.55 bits per heavy atom. The molecule has 0 aliphatic rings. The summed E-state index contributed by atoms with van der Waals surface area (Å²) in [6.07, 6.45) is 5.12. The van der Waals surface area contributed by atoms with Crippen molar-refractivity contribution in [3.63, 3.8) is 0 Å². The summed E-state index contributed by atoms with van der Waals surface area (Å²) in [5, 5.41) is 0. The van der Waals surface area contributed by atoms with Gasteiger partial charge >= 0.3 is 0 Å². The Morgan fingerprint density at radius 1 is 1.55 bits per heavy atom. The van der Waals surface area contributed by atoms with Gasteiger partial charge in [0.1, 0.15) is 0 Å². The number of hydrogen-bond acceptors (Lipinski definition) is 4. The van der Waals surface area contributed by atoms with E-state index in [2.05, 4.69) is 30.9 Å². The van der Waals surface area contributed by atoms with Gasteiger partial charge in [-0.2, -0.15) is 25.3 Å². The van der Waals surface area contributed by atoms with Crippen LogP contribution in [0.4, 0.5) is 0 Å². The molecular weight excluding hydrogens is 199 g/mol. The van der Waals surface area contributed by atoms with Crippen molar-refractivity contribution in [3.05, 3.63) is 0 Å². The van der Waals surface area contributed by atoms with Crippen molar-refractivity contribution in [1.29, 1.82) is 0 Å². The topological polar surface area (TPSA) is 18.5 Å². The molecule has 0 radical (unpaired) electrons. The molecule has 0 aromatic carbocycles. The van der Waals surface area contributed by atoms with Gasteiger partial charge in [0.25, 0.3) is 8.38 Å². The van der Waals surface area contributed by atoms with Gasteiger partial charge in [-0.1, -0.05) is 0 Å². The van der Waals surface area contributed by atoms with E-state index >= 15 is 0 Å². The van der Waals surface area contributed by atoms with Crippen molar-refractivity contribution in [3.8, 4) is 12.1 Å². The summed E-state index contributed by atoms with van der Waals surface area (Å²) in [6.45, 7) is 2.84. The molecule has 0 heterocycles. The molecule has 2 nitrogen and oxygen atoms in total. The molecule has 0 fully saturated rings. The van der Waals surface area contributed by atoms with Gasteiger partial charge in [-0.3, -0.25) is 0 Å². The zero-order valence-corrected chi connectivity index (χ0v) is 8.91. The molecule has 0 bridgehead atoms. The molecule has 0 N–H and O–H groups in total. The molecule has 5 heteroatoms. The highest BCUT2D eigenvalue weighted by atomic mass is 32.2. The van der Waals surface area contributed by atoms with E-state index in [0.29, 0.717) is 13.2 Å². The Labute approximate surface area is 79.8 Å². The molecule has 0 saturated heterocycles. The molecule has 0 saturated carbocycles. The van der Waals surface area contributed by atoms with Gasteiger partial charge < -0.3 is 9.05 Å². The fourth-order valence-corrected chi connectivity index (χ4v) is 1.49. The van der Waals surface area contributed by atoms with Gasteiger partial charge in [-0.15, -0.1) is 6.42 Å². The van der Waals surface area contributed by atoms with Crippen LogP contribution in [-0.2, 0) is 9.05 Å². The lowest BCUT2D eigenvalue weighted by Gasteiger charge is -2.10. The third kappa shape index (κ3) is 6.99.